The molecule has 2 N–H and O–H groups in total. The van der Waals surface area contributed by atoms with Crippen LogP contribution < -0.4 is 10.1 Å². The SMILES string of the molecule is CNCc1[nH]ncc1-c1cc(Br)ccc1OC. The number of aromatic amines is 1. The summed E-state index contributed by atoms with van der Waals surface area (Å²) in [5.74, 6) is 0.840. The first-order valence-electron chi connectivity index (χ1n) is 5.27. The molecular formula is C12H14BrN3O. The lowest BCUT2D eigenvalue weighted by molar-refractivity contribution is 0.416. The molecule has 0 amide bonds. The van der Waals surface area contributed by atoms with Gasteiger partial charge in [0.25, 0.3) is 0 Å². The van der Waals surface area contributed by atoms with Crippen molar-refractivity contribution in [2.45, 2.75) is 6.54 Å². The van der Waals surface area contributed by atoms with Crippen LogP contribution in [0.5, 0.6) is 5.75 Å². The van der Waals surface area contributed by atoms with Gasteiger partial charge in [-0.15, -0.1) is 0 Å². The molecule has 0 radical (unpaired) electrons. The van der Waals surface area contributed by atoms with E-state index in [0.29, 0.717) is 0 Å². The molecule has 1 aromatic heterocycles. The Morgan fingerprint density at radius 1 is 1.41 bits per heavy atom. The number of nitrogens with one attached hydrogen (secondary N) is 2. The summed E-state index contributed by atoms with van der Waals surface area (Å²) in [4.78, 5) is 0. The Morgan fingerprint density at radius 2 is 2.24 bits per heavy atom. The van der Waals surface area contributed by atoms with E-state index in [2.05, 4.69) is 31.4 Å². The number of ether oxygens (including phenoxy) is 1. The van der Waals surface area contributed by atoms with E-state index in [4.69, 9.17) is 4.74 Å². The summed E-state index contributed by atoms with van der Waals surface area (Å²) in [6, 6.07) is 5.93. The van der Waals surface area contributed by atoms with Crippen LogP contribution >= 0.6 is 15.9 Å². The lowest BCUT2D eigenvalue weighted by Gasteiger charge is -2.09. The predicted octanol–water partition coefficient (Wildman–Crippen LogP) is 2.57. The van der Waals surface area contributed by atoms with Gasteiger partial charge in [0.05, 0.1) is 19.0 Å². The van der Waals surface area contributed by atoms with E-state index in [9.17, 15) is 0 Å². The highest BCUT2D eigenvalue weighted by Gasteiger charge is 2.12. The first-order chi connectivity index (χ1) is 8.26. The normalized spacial score (nSPS) is 10.5. The van der Waals surface area contributed by atoms with Crippen molar-refractivity contribution in [1.82, 2.24) is 15.5 Å². The van der Waals surface area contributed by atoms with Crippen LogP contribution in [0.15, 0.2) is 28.9 Å². The van der Waals surface area contributed by atoms with Gasteiger partial charge >= 0.3 is 0 Å². The molecular weight excluding hydrogens is 282 g/mol. The Bertz CT molecular complexity index is 510. The van der Waals surface area contributed by atoms with Crippen molar-refractivity contribution in [2.75, 3.05) is 14.2 Å². The molecule has 0 saturated heterocycles. The molecule has 0 aliphatic carbocycles. The summed E-state index contributed by atoms with van der Waals surface area (Å²) in [5, 5.41) is 10.2. The van der Waals surface area contributed by atoms with E-state index in [1.165, 1.54) is 0 Å². The zero-order chi connectivity index (χ0) is 12.3. The first-order valence-corrected chi connectivity index (χ1v) is 6.06. The molecule has 17 heavy (non-hydrogen) atoms. The number of hydrogen-bond donors (Lipinski definition) is 2. The lowest BCUT2D eigenvalue weighted by Crippen LogP contribution is -2.06. The zero-order valence-corrected chi connectivity index (χ0v) is 11.3. The van der Waals surface area contributed by atoms with E-state index < -0.39 is 0 Å². The van der Waals surface area contributed by atoms with Crippen molar-refractivity contribution in [3.05, 3.63) is 34.6 Å². The van der Waals surface area contributed by atoms with Gasteiger partial charge < -0.3 is 10.1 Å². The van der Waals surface area contributed by atoms with Crippen molar-refractivity contribution < 1.29 is 4.74 Å². The van der Waals surface area contributed by atoms with Gasteiger partial charge in [-0.3, -0.25) is 5.10 Å². The molecule has 1 heterocycles. The third kappa shape index (κ3) is 2.50. The molecule has 0 fully saturated rings. The maximum absolute atomic E-state index is 5.37. The minimum Gasteiger partial charge on any atom is -0.496 e. The van der Waals surface area contributed by atoms with Crippen LogP contribution in [0, 0.1) is 0 Å². The maximum Gasteiger partial charge on any atom is 0.126 e. The summed E-state index contributed by atoms with van der Waals surface area (Å²) < 4.78 is 6.39. The van der Waals surface area contributed by atoms with E-state index >= 15 is 0 Å². The Kier molecular flexibility index (Phi) is 3.81. The van der Waals surface area contributed by atoms with E-state index in [-0.39, 0.29) is 0 Å². The van der Waals surface area contributed by atoms with Gasteiger partial charge in [-0.25, -0.2) is 0 Å². The van der Waals surface area contributed by atoms with Crippen molar-refractivity contribution in [3.63, 3.8) is 0 Å². The Labute approximate surface area is 109 Å². The van der Waals surface area contributed by atoms with Crippen molar-refractivity contribution in [2.24, 2.45) is 0 Å². The third-order valence-corrected chi connectivity index (χ3v) is 3.02. The van der Waals surface area contributed by atoms with Gasteiger partial charge in [-0.2, -0.15) is 5.10 Å². The number of H-pyrrole nitrogens is 1. The molecule has 0 bridgehead atoms. The molecule has 90 valence electrons. The highest BCUT2D eigenvalue weighted by Crippen LogP contribution is 2.33. The fourth-order valence-corrected chi connectivity index (χ4v) is 2.11. The van der Waals surface area contributed by atoms with Gasteiger partial charge in [0.1, 0.15) is 5.75 Å². The molecule has 2 aromatic rings. The maximum atomic E-state index is 5.37. The van der Waals surface area contributed by atoms with Crippen LogP contribution in [0.3, 0.4) is 0 Å². The minimum absolute atomic E-state index is 0.741. The molecule has 0 atom stereocenters. The Balaban J connectivity index is 2.51. The number of benzene rings is 1. The number of hydrogen-bond acceptors (Lipinski definition) is 3. The van der Waals surface area contributed by atoms with Crippen molar-refractivity contribution >= 4 is 15.9 Å². The average molecular weight is 296 g/mol. The number of nitrogens with zero attached hydrogens (tertiary/aromatic N) is 1. The van der Waals surface area contributed by atoms with E-state index in [1.54, 1.807) is 7.11 Å². The van der Waals surface area contributed by atoms with Crippen LogP contribution in [0.1, 0.15) is 5.69 Å². The molecule has 0 spiro atoms. The van der Waals surface area contributed by atoms with Gasteiger partial charge in [0, 0.05) is 22.1 Å². The van der Waals surface area contributed by atoms with Crippen LogP contribution in [0.25, 0.3) is 11.1 Å². The first kappa shape index (κ1) is 12.1. The largest absolute Gasteiger partial charge is 0.496 e. The lowest BCUT2D eigenvalue weighted by atomic mass is 10.1. The molecule has 5 heteroatoms. The predicted molar refractivity (Wildman–Crippen MR) is 71.0 cm³/mol. The molecule has 2 rings (SSSR count). The van der Waals surface area contributed by atoms with Crippen LogP contribution in [0.4, 0.5) is 0 Å². The number of methoxy groups -OCH3 is 1. The molecule has 0 saturated carbocycles. The molecule has 4 nitrogen and oxygen atoms in total. The second-order valence-electron chi connectivity index (χ2n) is 3.64. The molecule has 0 aliphatic heterocycles. The summed E-state index contributed by atoms with van der Waals surface area (Å²) in [5.41, 5.74) is 3.13. The Hall–Kier alpha value is -1.33. The summed E-state index contributed by atoms with van der Waals surface area (Å²) in [6.07, 6.45) is 1.82. The topological polar surface area (TPSA) is 49.9 Å². The molecule has 0 aliphatic rings. The van der Waals surface area contributed by atoms with Gasteiger partial charge in [0.15, 0.2) is 0 Å². The van der Waals surface area contributed by atoms with Crippen LogP contribution in [-0.2, 0) is 6.54 Å². The summed E-state index contributed by atoms with van der Waals surface area (Å²) in [7, 11) is 3.58. The Morgan fingerprint density at radius 3 is 2.94 bits per heavy atom. The second-order valence-corrected chi connectivity index (χ2v) is 4.55. The van der Waals surface area contributed by atoms with Gasteiger partial charge in [-0.05, 0) is 25.2 Å². The third-order valence-electron chi connectivity index (χ3n) is 2.52. The fourth-order valence-electron chi connectivity index (χ4n) is 1.75. The van der Waals surface area contributed by atoms with Crippen LogP contribution in [0.2, 0.25) is 0 Å². The summed E-state index contributed by atoms with van der Waals surface area (Å²) in [6.45, 7) is 0.741. The quantitative estimate of drug-likeness (QED) is 0.911. The van der Waals surface area contributed by atoms with Gasteiger partial charge in [0.2, 0.25) is 0 Å². The summed E-state index contributed by atoms with van der Waals surface area (Å²) >= 11 is 3.47. The second kappa shape index (κ2) is 5.33. The number of halogens is 1. The van der Waals surface area contributed by atoms with Crippen LogP contribution in [-0.4, -0.2) is 24.4 Å². The monoisotopic (exact) mass is 295 g/mol. The highest BCUT2D eigenvalue weighted by atomic mass is 79.9. The standard InChI is InChI=1S/C12H14BrN3O/c1-14-7-11-10(6-15-16-11)9-5-8(13)3-4-12(9)17-2/h3-6,14H,7H2,1-2H3,(H,15,16). The molecule has 0 unspecified atom stereocenters. The zero-order valence-electron chi connectivity index (χ0n) is 9.75. The number of aromatic nitrogens is 2. The molecule has 1 aromatic carbocycles. The average Bonchev–Trinajstić information content (AvgIpc) is 2.77. The number of rotatable bonds is 4. The van der Waals surface area contributed by atoms with E-state index in [0.717, 1.165) is 33.6 Å². The minimum atomic E-state index is 0.741. The fraction of sp³-hybridized carbons (Fsp3) is 0.250. The van der Waals surface area contributed by atoms with E-state index in [1.807, 2.05) is 31.4 Å². The highest BCUT2D eigenvalue weighted by molar-refractivity contribution is 9.10. The van der Waals surface area contributed by atoms with Gasteiger partial charge in [-0.1, -0.05) is 15.9 Å². The van der Waals surface area contributed by atoms with Crippen molar-refractivity contribution in [3.8, 4) is 16.9 Å². The van der Waals surface area contributed by atoms with Crippen molar-refractivity contribution in [1.29, 1.82) is 0 Å². The smallest absolute Gasteiger partial charge is 0.126 e.